The number of nitrogens with zero attached hydrogens (tertiary/aromatic N) is 3. The molecular formula is C17H16ClFN4OS. The second-order valence-electron chi connectivity index (χ2n) is 5.19. The number of halogens is 2. The van der Waals surface area contributed by atoms with Crippen molar-refractivity contribution in [3.63, 3.8) is 0 Å². The van der Waals surface area contributed by atoms with Gasteiger partial charge in [0.25, 0.3) is 0 Å². The summed E-state index contributed by atoms with van der Waals surface area (Å²) in [4.78, 5) is 0. The van der Waals surface area contributed by atoms with E-state index in [0.717, 1.165) is 17.7 Å². The van der Waals surface area contributed by atoms with Crippen molar-refractivity contribution in [2.45, 2.75) is 11.6 Å². The van der Waals surface area contributed by atoms with E-state index in [9.17, 15) is 4.39 Å². The molecule has 0 unspecified atom stereocenters. The molecule has 5 nitrogen and oxygen atoms in total. The Morgan fingerprint density at radius 2 is 1.96 bits per heavy atom. The van der Waals surface area contributed by atoms with Crippen LogP contribution in [0.4, 0.5) is 4.39 Å². The second kappa shape index (κ2) is 8.22. The minimum atomic E-state index is -0.277. The topological polar surface area (TPSA) is 66.0 Å². The zero-order valence-corrected chi connectivity index (χ0v) is 14.8. The molecule has 0 saturated carbocycles. The molecule has 2 aromatic carbocycles. The van der Waals surface area contributed by atoms with E-state index in [1.165, 1.54) is 28.6 Å². The molecule has 0 fully saturated rings. The fraction of sp³-hybridized carbons (Fsp3) is 0.176. The predicted octanol–water partition coefficient (Wildman–Crippen LogP) is 4.01. The predicted molar refractivity (Wildman–Crippen MR) is 97.9 cm³/mol. The van der Waals surface area contributed by atoms with Crippen LogP contribution in [0.2, 0.25) is 5.02 Å². The lowest BCUT2D eigenvalue weighted by Crippen LogP contribution is -2.11. The van der Waals surface area contributed by atoms with Gasteiger partial charge in [-0.3, -0.25) is 0 Å². The average Bonchev–Trinajstić information content (AvgIpc) is 2.97. The van der Waals surface area contributed by atoms with Gasteiger partial charge in [0, 0.05) is 16.3 Å². The van der Waals surface area contributed by atoms with Gasteiger partial charge in [-0.2, -0.15) is 0 Å². The Morgan fingerprint density at radius 3 is 2.72 bits per heavy atom. The smallest absolute Gasteiger partial charge is 0.210 e. The molecule has 2 N–H and O–H groups in total. The molecule has 0 aliphatic rings. The number of thioether (sulfide) groups is 1. The van der Waals surface area contributed by atoms with Crippen LogP contribution in [0.3, 0.4) is 0 Å². The molecule has 130 valence electrons. The normalized spacial score (nSPS) is 10.8. The molecule has 8 heteroatoms. The van der Waals surface area contributed by atoms with Crippen LogP contribution < -0.4 is 10.6 Å². The second-order valence-corrected chi connectivity index (χ2v) is 6.69. The Hall–Kier alpha value is -2.25. The molecule has 25 heavy (non-hydrogen) atoms. The summed E-state index contributed by atoms with van der Waals surface area (Å²) in [6, 6.07) is 13.3. The number of rotatable bonds is 7. The number of hydrogen-bond donors (Lipinski definition) is 1. The van der Waals surface area contributed by atoms with E-state index in [1.807, 2.05) is 12.1 Å². The van der Waals surface area contributed by atoms with Gasteiger partial charge in [0.15, 0.2) is 5.82 Å². The van der Waals surface area contributed by atoms with Crippen LogP contribution in [-0.2, 0) is 0 Å². The highest BCUT2D eigenvalue weighted by Gasteiger charge is 2.12. The number of aromatic nitrogens is 3. The van der Waals surface area contributed by atoms with Crippen LogP contribution in [-0.4, -0.2) is 27.2 Å². The Balaban J connectivity index is 1.50. The number of ether oxygens (including phenoxy) is 1. The highest BCUT2D eigenvalue weighted by atomic mass is 35.5. The first-order chi connectivity index (χ1) is 12.1. The van der Waals surface area contributed by atoms with Gasteiger partial charge in [-0.1, -0.05) is 35.5 Å². The molecule has 0 aliphatic heterocycles. The summed E-state index contributed by atoms with van der Waals surface area (Å²) < 4.78 is 19.8. The molecule has 0 amide bonds. The lowest BCUT2D eigenvalue weighted by Gasteiger charge is -2.06. The maximum absolute atomic E-state index is 12.8. The first-order valence-corrected chi connectivity index (χ1v) is 8.97. The maximum Gasteiger partial charge on any atom is 0.210 e. The molecule has 0 atom stereocenters. The Morgan fingerprint density at radius 1 is 1.16 bits per heavy atom. The van der Waals surface area contributed by atoms with Gasteiger partial charge >= 0.3 is 0 Å². The van der Waals surface area contributed by atoms with Gasteiger partial charge in [0.1, 0.15) is 11.6 Å². The molecule has 0 saturated heterocycles. The first kappa shape index (κ1) is 17.6. The van der Waals surface area contributed by atoms with Crippen molar-refractivity contribution in [1.82, 2.24) is 14.9 Å². The summed E-state index contributed by atoms with van der Waals surface area (Å²) >= 11 is 7.49. The van der Waals surface area contributed by atoms with Crippen molar-refractivity contribution < 1.29 is 9.13 Å². The summed E-state index contributed by atoms with van der Waals surface area (Å²) in [5.74, 6) is 7.77. The van der Waals surface area contributed by atoms with Crippen LogP contribution >= 0.6 is 23.4 Å². The molecule has 1 aromatic heterocycles. The van der Waals surface area contributed by atoms with Gasteiger partial charge in [-0.15, -0.1) is 10.2 Å². The number of nitrogens with two attached hydrogens (primary N) is 1. The first-order valence-electron chi connectivity index (χ1n) is 7.61. The molecule has 3 aromatic rings. The molecule has 0 radical (unpaired) electrons. The fourth-order valence-corrected chi connectivity index (χ4v) is 3.10. The van der Waals surface area contributed by atoms with E-state index in [1.54, 1.807) is 24.3 Å². The molecular weight excluding hydrogens is 363 g/mol. The van der Waals surface area contributed by atoms with Crippen molar-refractivity contribution in [2.75, 3.05) is 18.2 Å². The van der Waals surface area contributed by atoms with Crippen molar-refractivity contribution in [3.8, 4) is 17.1 Å². The van der Waals surface area contributed by atoms with Gasteiger partial charge < -0.3 is 10.6 Å². The quantitative estimate of drug-likeness (QED) is 0.382. The Bertz CT molecular complexity index is 841. The van der Waals surface area contributed by atoms with Crippen molar-refractivity contribution in [3.05, 3.63) is 59.4 Å². The standard InChI is InChI=1S/C17H16ClFN4OS/c18-13-4-1-3-12(11-13)16-21-22-17(23(16)20)25-10-2-9-24-15-7-5-14(19)6-8-15/h1,3-8,11H,2,9-10,20H2. The minimum Gasteiger partial charge on any atom is -0.494 e. The van der Waals surface area contributed by atoms with Gasteiger partial charge in [-0.05, 0) is 42.8 Å². The number of hydrogen-bond acceptors (Lipinski definition) is 5. The summed E-state index contributed by atoms with van der Waals surface area (Å²) in [6.07, 6.45) is 0.793. The molecule has 1 heterocycles. The third-order valence-corrected chi connectivity index (χ3v) is 4.61. The molecule has 0 bridgehead atoms. The molecule has 0 spiro atoms. The summed E-state index contributed by atoms with van der Waals surface area (Å²) in [6.45, 7) is 0.526. The van der Waals surface area contributed by atoms with Crippen molar-refractivity contribution >= 4 is 23.4 Å². The van der Waals surface area contributed by atoms with Gasteiger partial charge in [0.2, 0.25) is 5.16 Å². The fourth-order valence-electron chi connectivity index (χ4n) is 2.14. The number of benzene rings is 2. The zero-order valence-electron chi connectivity index (χ0n) is 13.2. The SMILES string of the molecule is Nn1c(SCCCOc2ccc(F)cc2)nnc1-c1cccc(Cl)c1. The van der Waals surface area contributed by atoms with E-state index < -0.39 is 0 Å². The summed E-state index contributed by atoms with van der Waals surface area (Å²) in [5.41, 5.74) is 0.814. The third kappa shape index (κ3) is 4.64. The van der Waals surface area contributed by atoms with Gasteiger partial charge in [-0.25, -0.2) is 9.07 Å². The van der Waals surface area contributed by atoms with Gasteiger partial charge in [0.05, 0.1) is 6.61 Å². The highest BCUT2D eigenvalue weighted by molar-refractivity contribution is 7.99. The lowest BCUT2D eigenvalue weighted by molar-refractivity contribution is 0.318. The monoisotopic (exact) mass is 378 g/mol. The number of nitrogen functional groups attached to an aromatic ring is 1. The van der Waals surface area contributed by atoms with E-state index in [2.05, 4.69) is 10.2 Å². The molecule has 0 aliphatic carbocycles. The third-order valence-electron chi connectivity index (χ3n) is 3.35. The van der Waals surface area contributed by atoms with Crippen LogP contribution in [0, 0.1) is 5.82 Å². The average molecular weight is 379 g/mol. The lowest BCUT2D eigenvalue weighted by atomic mass is 10.2. The largest absolute Gasteiger partial charge is 0.494 e. The van der Waals surface area contributed by atoms with E-state index in [-0.39, 0.29) is 5.82 Å². The Labute approximate surface area is 153 Å². The van der Waals surface area contributed by atoms with Crippen molar-refractivity contribution in [2.24, 2.45) is 0 Å². The van der Waals surface area contributed by atoms with Crippen LogP contribution in [0.5, 0.6) is 5.75 Å². The zero-order chi connectivity index (χ0) is 17.6. The van der Waals surface area contributed by atoms with Crippen molar-refractivity contribution in [1.29, 1.82) is 0 Å². The van der Waals surface area contributed by atoms with Crippen LogP contribution in [0.25, 0.3) is 11.4 Å². The highest BCUT2D eigenvalue weighted by Crippen LogP contribution is 2.24. The molecule has 3 rings (SSSR count). The maximum atomic E-state index is 12.8. The van der Waals surface area contributed by atoms with E-state index in [4.69, 9.17) is 22.2 Å². The van der Waals surface area contributed by atoms with Crippen LogP contribution in [0.1, 0.15) is 6.42 Å². The van der Waals surface area contributed by atoms with Crippen LogP contribution in [0.15, 0.2) is 53.7 Å². The summed E-state index contributed by atoms with van der Waals surface area (Å²) in [5, 5.41) is 9.48. The van der Waals surface area contributed by atoms with E-state index >= 15 is 0 Å². The summed E-state index contributed by atoms with van der Waals surface area (Å²) in [7, 11) is 0. The Kier molecular flexibility index (Phi) is 5.78. The minimum absolute atomic E-state index is 0.277. The van der Waals surface area contributed by atoms with E-state index in [0.29, 0.717) is 28.4 Å².